The fraction of sp³-hybridized carbons (Fsp3) is 0.321. The van der Waals surface area contributed by atoms with E-state index in [9.17, 15) is 23.2 Å². The van der Waals surface area contributed by atoms with Crippen LogP contribution in [-0.4, -0.2) is 35.2 Å². The molecule has 39 heavy (non-hydrogen) atoms. The molecule has 0 fully saturated rings. The maximum Gasteiger partial charge on any atom is 0.345 e. The summed E-state index contributed by atoms with van der Waals surface area (Å²) < 4.78 is 37.6. The number of anilines is 1. The SMILES string of the molecule is C[C@@H]1Cc2ccc(Cl)cc2-c2cc(=O)n([C@@H](C[C@H](C)OC(F)F)C(=O)Nc3ccc(C(N)=O)cc3)cc2CO1. The number of ether oxygens (including phenoxy) is 2. The highest BCUT2D eigenvalue weighted by Crippen LogP contribution is 2.33. The third-order valence-corrected chi connectivity index (χ3v) is 6.76. The van der Waals surface area contributed by atoms with E-state index in [1.165, 1.54) is 48.0 Å². The number of hydrogen-bond donors (Lipinski definition) is 2. The zero-order valence-corrected chi connectivity index (χ0v) is 22.1. The van der Waals surface area contributed by atoms with Gasteiger partial charge in [-0.2, -0.15) is 8.78 Å². The summed E-state index contributed by atoms with van der Waals surface area (Å²) in [5, 5.41) is 3.19. The highest BCUT2D eigenvalue weighted by molar-refractivity contribution is 6.30. The van der Waals surface area contributed by atoms with Crippen molar-refractivity contribution in [2.45, 2.75) is 58.2 Å². The van der Waals surface area contributed by atoms with Crippen molar-refractivity contribution in [2.24, 2.45) is 5.73 Å². The number of alkyl halides is 2. The molecule has 2 amide bonds. The van der Waals surface area contributed by atoms with Crippen LogP contribution in [0.1, 0.15) is 47.8 Å². The molecule has 0 spiro atoms. The fourth-order valence-corrected chi connectivity index (χ4v) is 4.79. The quantitative estimate of drug-likeness (QED) is 0.406. The van der Waals surface area contributed by atoms with E-state index in [0.29, 0.717) is 28.3 Å². The number of primary amides is 1. The number of pyridine rings is 1. The number of halogens is 3. The van der Waals surface area contributed by atoms with Crippen LogP contribution in [0.5, 0.6) is 0 Å². The van der Waals surface area contributed by atoms with Crippen molar-refractivity contribution in [1.82, 2.24) is 4.57 Å². The Kier molecular flexibility index (Phi) is 8.79. The van der Waals surface area contributed by atoms with Crippen molar-refractivity contribution < 1.29 is 27.8 Å². The Labute approximate surface area is 228 Å². The number of fused-ring (bicyclic) bond motifs is 3. The molecule has 2 heterocycles. The zero-order valence-electron chi connectivity index (χ0n) is 21.3. The van der Waals surface area contributed by atoms with E-state index in [1.54, 1.807) is 12.1 Å². The molecule has 8 nitrogen and oxygen atoms in total. The van der Waals surface area contributed by atoms with E-state index in [1.807, 2.05) is 13.0 Å². The molecular weight excluding hydrogens is 532 g/mol. The molecule has 0 radical (unpaired) electrons. The first kappa shape index (κ1) is 28.4. The highest BCUT2D eigenvalue weighted by Gasteiger charge is 2.28. The van der Waals surface area contributed by atoms with Gasteiger partial charge in [-0.1, -0.05) is 17.7 Å². The largest absolute Gasteiger partial charge is 0.373 e. The third kappa shape index (κ3) is 6.89. The molecule has 3 atom stereocenters. The first-order chi connectivity index (χ1) is 18.5. The van der Waals surface area contributed by atoms with Crippen molar-refractivity contribution >= 4 is 29.1 Å². The number of benzene rings is 2. The van der Waals surface area contributed by atoms with Crippen molar-refractivity contribution in [3.63, 3.8) is 0 Å². The predicted molar refractivity (Wildman–Crippen MR) is 143 cm³/mol. The van der Waals surface area contributed by atoms with Gasteiger partial charge in [-0.15, -0.1) is 0 Å². The zero-order chi connectivity index (χ0) is 28.3. The summed E-state index contributed by atoms with van der Waals surface area (Å²) in [6.45, 7) is 0.446. The maximum absolute atomic E-state index is 13.4. The molecule has 1 aromatic heterocycles. The van der Waals surface area contributed by atoms with Crippen LogP contribution in [0.15, 0.2) is 59.5 Å². The van der Waals surface area contributed by atoms with Gasteiger partial charge in [0.25, 0.3) is 5.56 Å². The minimum Gasteiger partial charge on any atom is -0.373 e. The van der Waals surface area contributed by atoms with E-state index in [4.69, 9.17) is 22.1 Å². The van der Waals surface area contributed by atoms with Gasteiger partial charge in [-0.3, -0.25) is 14.4 Å². The fourth-order valence-electron chi connectivity index (χ4n) is 4.62. The first-order valence-corrected chi connectivity index (χ1v) is 12.7. The van der Waals surface area contributed by atoms with Crippen LogP contribution in [0.4, 0.5) is 14.5 Å². The molecule has 3 N–H and O–H groups in total. The average Bonchev–Trinajstić information content (AvgIpc) is 2.86. The number of rotatable bonds is 8. The van der Waals surface area contributed by atoms with Crippen LogP contribution < -0.4 is 16.6 Å². The van der Waals surface area contributed by atoms with E-state index in [0.717, 1.165) is 11.1 Å². The Balaban J connectivity index is 1.75. The van der Waals surface area contributed by atoms with Crippen molar-refractivity contribution in [2.75, 3.05) is 5.32 Å². The van der Waals surface area contributed by atoms with Crippen LogP contribution in [0.2, 0.25) is 5.02 Å². The van der Waals surface area contributed by atoms with E-state index >= 15 is 0 Å². The number of carbonyl (C=O) groups excluding carboxylic acids is 2. The minimum absolute atomic E-state index is 0.125. The molecule has 2 aromatic carbocycles. The van der Waals surface area contributed by atoms with Gasteiger partial charge >= 0.3 is 6.61 Å². The topological polar surface area (TPSA) is 113 Å². The Morgan fingerprint density at radius 2 is 1.85 bits per heavy atom. The summed E-state index contributed by atoms with van der Waals surface area (Å²) in [4.78, 5) is 38.2. The number of nitrogens with two attached hydrogens (primary N) is 1. The van der Waals surface area contributed by atoms with E-state index < -0.39 is 36.1 Å². The lowest BCUT2D eigenvalue weighted by Crippen LogP contribution is -2.36. The summed E-state index contributed by atoms with van der Waals surface area (Å²) in [6.07, 6.45) is 0.754. The second-order valence-electron chi connectivity index (χ2n) is 9.47. The van der Waals surface area contributed by atoms with Crippen molar-refractivity contribution in [1.29, 1.82) is 0 Å². The van der Waals surface area contributed by atoms with Gasteiger partial charge < -0.3 is 25.1 Å². The van der Waals surface area contributed by atoms with Crippen LogP contribution in [0.3, 0.4) is 0 Å². The molecule has 4 rings (SSSR count). The molecule has 0 aliphatic carbocycles. The number of carbonyl (C=O) groups is 2. The van der Waals surface area contributed by atoms with Crippen LogP contribution in [-0.2, 0) is 27.3 Å². The molecule has 1 aliphatic rings. The second kappa shape index (κ2) is 12.1. The number of aromatic nitrogens is 1. The lowest BCUT2D eigenvalue weighted by Gasteiger charge is -2.26. The average molecular weight is 560 g/mol. The normalized spacial score (nSPS) is 16.4. The van der Waals surface area contributed by atoms with E-state index in [-0.39, 0.29) is 24.7 Å². The standard InChI is InChI=1S/C28H28ClF2N3O5/c1-15-9-18-3-6-20(29)11-22(18)23-12-25(35)34(13-19(23)14-38-15)24(10-16(2)39-28(30)31)27(37)33-21-7-4-17(5-8-21)26(32)36/h3-8,11-13,15-16,24,28H,9-10,14H2,1-2H3,(H2,32,36)(H,33,37)/t15-,16+,24+/m1/s1. The summed E-state index contributed by atoms with van der Waals surface area (Å²) in [5.41, 5.74) is 8.34. The Bertz CT molecular complexity index is 1430. The number of hydrogen-bond acceptors (Lipinski definition) is 5. The molecule has 3 aromatic rings. The van der Waals surface area contributed by atoms with Gasteiger partial charge in [0.15, 0.2) is 0 Å². The first-order valence-electron chi connectivity index (χ1n) is 12.3. The number of nitrogens with one attached hydrogen (secondary N) is 1. The van der Waals surface area contributed by atoms with Gasteiger partial charge in [0.2, 0.25) is 11.8 Å². The molecular formula is C28H28ClF2N3O5. The second-order valence-corrected chi connectivity index (χ2v) is 9.91. The summed E-state index contributed by atoms with van der Waals surface area (Å²) in [5.74, 6) is -1.26. The van der Waals surface area contributed by atoms with Gasteiger partial charge in [0.1, 0.15) is 6.04 Å². The van der Waals surface area contributed by atoms with Crippen molar-refractivity contribution in [3.05, 3.63) is 86.8 Å². The Morgan fingerprint density at radius 3 is 2.51 bits per heavy atom. The van der Waals surface area contributed by atoms with Crippen LogP contribution >= 0.6 is 11.6 Å². The molecule has 0 saturated heterocycles. The minimum atomic E-state index is -3.05. The van der Waals surface area contributed by atoms with Crippen LogP contribution in [0.25, 0.3) is 11.1 Å². The van der Waals surface area contributed by atoms with Gasteiger partial charge in [0.05, 0.1) is 18.8 Å². The lowest BCUT2D eigenvalue weighted by molar-refractivity contribution is -0.162. The molecule has 0 saturated carbocycles. The number of amides is 2. The summed E-state index contributed by atoms with van der Waals surface area (Å²) in [6, 6.07) is 11.5. The van der Waals surface area contributed by atoms with Gasteiger partial charge in [0, 0.05) is 40.5 Å². The third-order valence-electron chi connectivity index (χ3n) is 6.52. The highest BCUT2D eigenvalue weighted by atomic mass is 35.5. The Hall–Kier alpha value is -3.60. The van der Waals surface area contributed by atoms with Gasteiger partial charge in [-0.25, -0.2) is 0 Å². The van der Waals surface area contributed by atoms with Crippen molar-refractivity contribution in [3.8, 4) is 11.1 Å². The maximum atomic E-state index is 13.4. The smallest absolute Gasteiger partial charge is 0.345 e. The van der Waals surface area contributed by atoms with Gasteiger partial charge in [-0.05, 0) is 73.4 Å². The molecule has 0 bridgehead atoms. The molecule has 11 heteroatoms. The lowest BCUT2D eigenvalue weighted by atomic mass is 9.92. The summed E-state index contributed by atoms with van der Waals surface area (Å²) >= 11 is 6.27. The molecule has 206 valence electrons. The Morgan fingerprint density at radius 1 is 1.15 bits per heavy atom. The monoisotopic (exact) mass is 559 g/mol. The predicted octanol–water partition coefficient (Wildman–Crippen LogP) is 4.93. The van der Waals surface area contributed by atoms with Crippen LogP contribution in [0, 0.1) is 0 Å². The van der Waals surface area contributed by atoms with E-state index in [2.05, 4.69) is 10.1 Å². The number of nitrogens with zero attached hydrogens (tertiary/aromatic N) is 1. The molecule has 1 aliphatic heterocycles. The molecule has 0 unspecified atom stereocenters. The summed E-state index contributed by atoms with van der Waals surface area (Å²) in [7, 11) is 0.